The molecule has 4 heteroatoms. The highest BCUT2D eigenvalue weighted by Gasteiger charge is 2.09. The molecular weight excluding hydrogens is 250 g/mol. The third-order valence-electron chi connectivity index (χ3n) is 3.29. The van der Waals surface area contributed by atoms with E-state index in [-0.39, 0.29) is 0 Å². The number of nitrogens with one attached hydrogen (secondary N) is 1. The van der Waals surface area contributed by atoms with Crippen LogP contribution in [-0.2, 0) is 13.1 Å². The molecule has 0 atom stereocenters. The van der Waals surface area contributed by atoms with Crippen LogP contribution in [0.5, 0.6) is 0 Å². The summed E-state index contributed by atoms with van der Waals surface area (Å²) in [6.07, 6.45) is 0. The Balaban J connectivity index is 2.02. The molecule has 1 aromatic heterocycles. The number of nitrogens with zero attached hydrogens (tertiary/aromatic N) is 2. The fraction of sp³-hybridized carbons (Fsp3) is 0.438. The summed E-state index contributed by atoms with van der Waals surface area (Å²) in [6.45, 7) is 9.71. The van der Waals surface area contributed by atoms with Crippen LogP contribution < -0.4 is 10.2 Å². The Morgan fingerprint density at radius 3 is 2.60 bits per heavy atom. The van der Waals surface area contributed by atoms with Crippen molar-refractivity contribution in [3.63, 3.8) is 0 Å². The highest BCUT2D eigenvalue weighted by Crippen LogP contribution is 2.18. The van der Waals surface area contributed by atoms with E-state index in [1.807, 2.05) is 6.07 Å². The highest BCUT2D eigenvalue weighted by molar-refractivity contribution is 5.47. The van der Waals surface area contributed by atoms with Crippen molar-refractivity contribution in [1.82, 2.24) is 10.5 Å². The van der Waals surface area contributed by atoms with Crippen molar-refractivity contribution in [3.05, 3.63) is 47.3 Å². The van der Waals surface area contributed by atoms with Crippen LogP contribution >= 0.6 is 0 Å². The maximum absolute atomic E-state index is 5.41. The molecule has 0 fully saturated rings. The molecule has 1 N–H and O–H groups in total. The second-order valence-corrected chi connectivity index (χ2v) is 4.91. The first-order valence-corrected chi connectivity index (χ1v) is 7.19. The summed E-state index contributed by atoms with van der Waals surface area (Å²) >= 11 is 0. The number of hydrogen-bond donors (Lipinski definition) is 1. The molecule has 0 bridgehead atoms. The molecule has 0 saturated carbocycles. The van der Waals surface area contributed by atoms with Gasteiger partial charge >= 0.3 is 0 Å². The van der Waals surface area contributed by atoms with Crippen LogP contribution in [0, 0.1) is 6.92 Å². The Labute approximate surface area is 120 Å². The molecule has 1 aromatic carbocycles. The minimum absolute atomic E-state index is 0.749. The van der Waals surface area contributed by atoms with Gasteiger partial charge in [-0.05, 0) is 32.5 Å². The first-order valence-electron chi connectivity index (χ1n) is 7.19. The first-order chi connectivity index (χ1) is 9.72. The van der Waals surface area contributed by atoms with E-state index < -0.39 is 0 Å². The van der Waals surface area contributed by atoms with Crippen LogP contribution in [0.25, 0.3) is 0 Å². The summed E-state index contributed by atoms with van der Waals surface area (Å²) < 4.78 is 5.41. The molecule has 0 amide bonds. The Morgan fingerprint density at radius 2 is 1.95 bits per heavy atom. The van der Waals surface area contributed by atoms with E-state index >= 15 is 0 Å². The zero-order valence-electron chi connectivity index (χ0n) is 12.5. The zero-order valence-corrected chi connectivity index (χ0v) is 12.5. The van der Waals surface area contributed by atoms with Crippen molar-refractivity contribution >= 4 is 5.69 Å². The van der Waals surface area contributed by atoms with Gasteiger partial charge in [0.25, 0.3) is 0 Å². The summed E-state index contributed by atoms with van der Waals surface area (Å²) in [7, 11) is 0. The molecular formula is C16H23N3O. The third kappa shape index (κ3) is 3.84. The quantitative estimate of drug-likeness (QED) is 0.841. The number of hydrogen-bond acceptors (Lipinski definition) is 4. The molecule has 1 heterocycles. The van der Waals surface area contributed by atoms with Crippen LogP contribution in [0.3, 0.4) is 0 Å². The topological polar surface area (TPSA) is 41.3 Å². The van der Waals surface area contributed by atoms with Crippen molar-refractivity contribution in [1.29, 1.82) is 0 Å². The zero-order chi connectivity index (χ0) is 14.4. The molecule has 2 rings (SSSR count). The van der Waals surface area contributed by atoms with Crippen LogP contribution in [0.2, 0.25) is 0 Å². The fourth-order valence-corrected chi connectivity index (χ4v) is 2.10. The molecule has 0 aliphatic rings. The maximum atomic E-state index is 5.41. The summed E-state index contributed by atoms with van der Waals surface area (Å²) in [5, 5.41) is 7.33. The molecule has 108 valence electrons. The Morgan fingerprint density at radius 1 is 1.20 bits per heavy atom. The minimum atomic E-state index is 0.749. The van der Waals surface area contributed by atoms with Crippen LogP contribution in [0.1, 0.15) is 30.9 Å². The SMILES string of the molecule is CCNCc1cc(CN(CC)c2ccc(C)cc2)on1. The predicted molar refractivity (Wildman–Crippen MR) is 81.8 cm³/mol. The third-order valence-corrected chi connectivity index (χ3v) is 3.29. The van der Waals surface area contributed by atoms with Gasteiger partial charge in [0.15, 0.2) is 5.76 Å². The lowest BCUT2D eigenvalue weighted by atomic mass is 10.2. The van der Waals surface area contributed by atoms with Crippen LogP contribution in [0.15, 0.2) is 34.9 Å². The Hall–Kier alpha value is -1.81. The van der Waals surface area contributed by atoms with Gasteiger partial charge in [0.2, 0.25) is 0 Å². The van der Waals surface area contributed by atoms with Gasteiger partial charge in [-0.15, -0.1) is 0 Å². The molecule has 0 spiro atoms. The molecule has 0 saturated heterocycles. The number of aryl methyl sites for hydroxylation is 1. The lowest BCUT2D eigenvalue weighted by Gasteiger charge is -2.21. The van der Waals surface area contributed by atoms with Gasteiger partial charge in [-0.2, -0.15) is 0 Å². The largest absolute Gasteiger partial charge is 0.364 e. The Kier molecular flexibility index (Phi) is 5.18. The lowest BCUT2D eigenvalue weighted by Crippen LogP contribution is -2.21. The number of aromatic nitrogens is 1. The van der Waals surface area contributed by atoms with Gasteiger partial charge in [0.05, 0.1) is 12.2 Å². The summed E-state index contributed by atoms with van der Waals surface area (Å²) in [4.78, 5) is 2.27. The molecule has 0 radical (unpaired) electrons. The Bertz CT molecular complexity index is 519. The minimum Gasteiger partial charge on any atom is -0.364 e. The van der Waals surface area contributed by atoms with Crippen molar-refractivity contribution < 1.29 is 4.52 Å². The lowest BCUT2D eigenvalue weighted by molar-refractivity contribution is 0.374. The van der Waals surface area contributed by atoms with E-state index in [0.717, 1.165) is 37.6 Å². The van der Waals surface area contributed by atoms with Crippen molar-refractivity contribution in [3.8, 4) is 0 Å². The van der Waals surface area contributed by atoms with Gasteiger partial charge in [0, 0.05) is 24.8 Å². The normalized spacial score (nSPS) is 10.8. The van der Waals surface area contributed by atoms with E-state index in [0.29, 0.717) is 0 Å². The van der Waals surface area contributed by atoms with Crippen molar-refractivity contribution in [2.24, 2.45) is 0 Å². The smallest absolute Gasteiger partial charge is 0.156 e. The summed E-state index contributed by atoms with van der Waals surface area (Å²) in [5.74, 6) is 0.903. The second-order valence-electron chi connectivity index (χ2n) is 4.91. The average molecular weight is 273 g/mol. The van der Waals surface area contributed by atoms with Gasteiger partial charge in [-0.25, -0.2) is 0 Å². The monoisotopic (exact) mass is 273 g/mol. The van der Waals surface area contributed by atoms with Gasteiger partial charge in [0.1, 0.15) is 0 Å². The molecule has 20 heavy (non-hydrogen) atoms. The molecule has 4 nitrogen and oxygen atoms in total. The van der Waals surface area contributed by atoms with E-state index in [2.05, 4.69) is 60.4 Å². The highest BCUT2D eigenvalue weighted by atomic mass is 16.5. The summed E-state index contributed by atoms with van der Waals surface area (Å²) in [6, 6.07) is 10.6. The maximum Gasteiger partial charge on any atom is 0.156 e. The molecule has 0 unspecified atom stereocenters. The number of benzene rings is 1. The molecule has 0 aliphatic heterocycles. The van der Waals surface area contributed by atoms with E-state index in [4.69, 9.17) is 4.52 Å². The number of rotatable bonds is 7. The number of anilines is 1. The fourth-order valence-electron chi connectivity index (χ4n) is 2.10. The van der Waals surface area contributed by atoms with Crippen LogP contribution in [-0.4, -0.2) is 18.2 Å². The molecule has 0 aliphatic carbocycles. The van der Waals surface area contributed by atoms with E-state index in [9.17, 15) is 0 Å². The second kappa shape index (κ2) is 7.10. The first kappa shape index (κ1) is 14.6. The van der Waals surface area contributed by atoms with Gasteiger partial charge in [-0.3, -0.25) is 0 Å². The van der Waals surface area contributed by atoms with E-state index in [1.165, 1.54) is 11.3 Å². The average Bonchev–Trinajstić information content (AvgIpc) is 2.91. The standard InChI is InChI=1S/C16H23N3O/c1-4-17-11-14-10-16(20-18-14)12-19(5-2)15-8-6-13(3)7-9-15/h6-10,17H,4-5,11-12H2,1-3H3. The molecule has 2 aromatic rings. The predicted octanol–water partition coefficient (Wildman–Crippen LogP) is 3.12. The van der Waals surface area contributed by atoms with Crippen molar-refractivity contribution in [2.75, 3.05) is 18.0 Å². The van der Waals surface area contributed by atoms with Gasteiger partial charge < -0.3 is 14.7 Å². The van der Waals surface area contributed by atoms with Crippen molar-refractivity contribution in [2.45, 2.75) is 33.9 Å². The summed E-state index contributed by atoms with van der Waals surface area (Å²) in [5.41, 5.74) is 3.45. The van der Waals surface area contributed by atoms with Crippen LogP contribution in [0.4, 0.5) is 5.69 Å². The van der Waals surface area contributed by atoms with Gasteiger partial charge in [-0.1, -0.05) is 29.8 Å². The van der Waals surface area contributed by atoms with E-state index in [1.54, 1.807) is 0 Å².